The molecule has 0 aromatic heterocycles. The first-order chi connectivity index (χ1) is 7.52. The van der Waals surface area contributed by atoms with E-state index in [0.717, 1.165) is 31.0 Å². The van der Waals surface area contributed by atoms with Crippen LogP contribution < -0.4 is 5.32 Å². The molecule has 1 fully saturated rings. The highest BCUT2D eigenvalue weighted by atomic mass is 15.2. The molecular formula is C14H30N2. The summed E-state index contributed by atoms with van der Waals surface area (Å²) >= 11 is 0. The highest BCUT2D eigenvalue weighted by molar-refractivity contribution is 4.85. The third-order valence-corrected chi connectivity index (χ3v) is 3.85. The molecule has 1 atom stereocenters. The van der Waals surface area contributed by atoms with Crippen molar-refractivity contribution in [2.75, 3.05) is 20.1 Å². The molecule has 0 saturated heterocycles. The lowest BCUT2D eigenvalue weighted by Gasteiger charge is -2.42. The highest BCUT2D eigenvalue weighted by Crippen LogP contribution is 2.26. The number of hydrogen-bond donors (Lipinski definition) is 1. The number of rotatable bonds is 7. The molecule has 0 aromatic carbocycles. The molecule has 1 unspecified atom stereocenters. The average Bonchev–Trinajstić information content (AvgIpc) is 2.07. The second-order valence-corrected chi connectivity index (χ2v) is 6.11. The normalized spacial score (nSPS) is 19.5. The van der Waals surface area contributed by atoms with Crippen molar-refractivity contribution in [2.24, 2.45) is 11.8 Å². The largest absolute Gasteiger partial charge is 0.315 e. The van der Waals surface area contributed by atoms with E-state index in [-0.39, 0.29) is 0 Å². The Balaban J connectivity index is 2.34. The van der Waals surface area contributed by atoms with Crippen LogP contribution in [-0.2, 0) is 0 Å². The molecule has 0 amide bonds. The van der Waals surface area contributed by atoms with Crippen LogP contribution in [-0.4, -0.2) is 37.1 Å². The lowest BCUT2D eigenvalue weighted by Crippen LogP contribution is -2.50. The Hall–Kier alpha value is -0.0800. The Morgan fingerprint density at radius 3 is 2.12 bits per heavy atom. The van der Waals surface area contributed by atoms with Crippen molar-refractivity contribution >= 4 is 0 Å². The van der Waals surface area contributed by atoms with Gasteiger partial charge in [-0.1, -0.05) is 34.1 Å². The molecule has 0 heterocycles. The maximum atomic E-state index is 3.61. The van der Waals surface area contributed by atoms with Crippen LogP contribution in [0.4, 0.5) is 0 Å². The van der Waals surface area contributed by atoms with Gasteiger partial charge >= 0.3 is 0 Å². The molecule has 1 N–H and O–H groups in total. The van der Waals surface area contributed by atoms with E-state index >= 15 is 0 Å². The van der Waals surface area contributed by atoms with Gasteiger partial charge in [0.25, 0.3) is 0 Å². The smallest absolute Gasteiger partial charge is 0.0243 e. The fraction of sp³-hybridized carbons (Fsp3) is 1.00. The van der Waals surface area contributed by atoms with Gasteiger partial charge in [-0.15, -0.1) is 0 Å². The molecule has 96 valence electrons. The maximum absolute atomic E-state index is 3.61. The zero-order chi connectivity index (χ0) is 12.1. The second kappa shape index (κ2) is 6.61. The van der Waals surface area contributed by atoms with Crippen LogP contribution in [0, 0.1) is 11.8 Å². The van der Waals surface area contributed by atoms with Crippen molar-refractivity contribution in [3.05, 3.63) is 0 Å². The van der Waals surface area contributed by atoms with E-state index in [1.165, 1.54) is 19.3 Å². The summed E-state index contributed by atoms with van der Waals surface area (Å²) in [6, 6.07) is 1.55. The third kappa shape index (κ3) is 4.06. The number of likely N-dealkylation sites (N-methyl/N-ethyl adjacent to an activating group) is 1. The zero-order valence-electron chi connectivity index (χ0n) is 11.8. The second-order valence-electron chi connectivity index (χ2n) is 6.11. The number of nitrogens with zero attached hydrogens (tertiary/aromatic N) is 1. The first kappa shape index (κ1) is 14.0. The zero-order valence-corrected chi connectivity index (χ0v) is 11.8. The summed E-state index contributed by atoms with van der Waals surface area (Å²) in [5, 5.41) is 3.61. The average molecular weight is 226 g/mol. The predicted molar refractivity (Wildman–Crippen MR) is 71.7 cm³/mol. The molecule has 1 saturated carbocycles. The van der Waals surface area contributed by atoms with Gasteiger partial charge in [-0.25, -0.2) is 0 Å². The van der Waals surface area contributed by atoms with E-state index in [0.29, 0.717) is 6.04 Å². The molecule has 0 aromatic rings. The number of nitrogens with one attached hydrogen (secondary N) is 1. The van der Waals surface area contributed by atoms with Crippen molar-refractivity contribution in [1.29, 1.82) is 0 Å². The Kier molecular flexibility index (Phi) is 5.77. The minimum atomic E-state index is 0.698. The van der Waals surface area contributed by atoms with Crippen LogP contribution in [0.5, 0.6) is 0 Å². The Morgan fingerprint density at radius 1 is 1.12 bits per heavy atom. The first-order valence-corrected chi connectivity index (χ1v) is 6.95. The van der Waals surface area contributed by atoms with Crippen LogP contribution in [0.1, 0.15) is 47.0 Å². The summed E-state index contributed by atoms with van der Waals surface area (Å²) in [6.45, 7) is 11.5. The lowest BCUT2D eigenvalue weighted by molar-refractivity contribution is 0.0836. The van der Waals surface area contributed by atoms with E-state index in [4.69, 9.17) is 0 Å². The maximum Gasteiger partial charge on any atom is 0.0243 e. The molecule has 0 aliphatic heterocycles. The van der Waals surface area contributed by atoms with Gasteiger partial charge in [0.2, 0.25) is 0 Å². The molecule has 1 rings (SSSR count). The monoisotopic (exact) mass is 226 g/mol. The molecule has 0 spiro atoms. The fourth-order valence-corrected chi connectivity index (χ4v) is 2.43. The molecule has 16 heavy (non-hydrogen) atoms. The van der Waals surface area contributed by atoms with Crippen molar-refractivity contribution < 1.29 is 0 Å². The van der Waals surface area contributed by atoms with Crippen molar-refractivity contribution in [3.63, 3.8) is 0 Å². The van der Waals surface area contributed by atoms with Gasteiger partial charge in [-0.2, -0.15) is 0 Å². The molecule has 2 heteroatoms. The SMILES string of the molecule is CC(C)CNCC(C(C)C)N(C)C1CCC1. The summed E-state index contributed by atoms with van der Waals surface area (Å²) in [5.74, 6) is 1.49. The van der Waals surface area contributed by atoms with Gasteiger partial charge < -0.3 is 5.32 Å². The summed E-state index contributed by atoms with van der Waals surface area (Å²) in [7, 11) is 2.31. The topological polar surface area (TPSA) is 15.3 Å². The van der Waals surface area contributed by atoms with E-state index < -0.39 is 0 Å². The van der Waals surface area contributed by atoms with Gasteiger partial charge in [-0.3, -0.25) is 4.90 Å². The van der Waals surface area contributed by atoms with Gasteiger partial charge in [0.15, 0.2) is 0 Å². The van der Waals surface area contributed by atoms with Gasteiger partial charge in [0.05, 0.1) is 0 Å². The Labute approximate surface area is 102 Å². The molecule has 0 bridgehead atoms. The van der Waals surface area contributed by atoms with E-state index in [2.05, 4.69) is 45.0 Å². The van der Waals surface area contributed by atoms with Gasteiger partial charge in [-0.05, 0) is 38.3 Å². The minimum Gasteiger partial charge on any atom is -0.315 e. The minimum absolute atomic E-state index is 0.698. The summed E-state index contributed by atoms with van der Waals surface area (Å²) < 4.78 is 0. The van der Waals surface area contributed by atoms with E-state index in [1.807, 2.05) is 0 Å². The highest BCUT2D eigenvalue weighted by Gasteiger charge is 2.28. The molecule has 2 nitrogen and oxygen atoms in total. The van der Waals surface area contributed by atoms with Crippen molar-refractivity contribution in [2.45, 2.75) is 59.0 Å². The molecule has 1 aliphatic rings. The predicted octanol–water partition coefficient (Wildman–Crippen LogP) is 2.74. The van der Waals surface area contributed by atoms with Crippen molar-refractivity contribution in [1.82, 2.24) is 10.2 Å². The Morgan fingerprint density at radius 2 is 1.75 bits per heavy atom. The standard InChI is InChI=1S/C14H30N2/c1-11(2)9-15-10-14(12(3)4)16(5)13-7-6-8-13/h11-15H,6-10H2,1-5H3. The quantitative estimate of drug-likeness (QED) is 0.718. The van der Waals surface area contributed by atoms with Crippen LogP contribution >= 0.6 is 0 Å². The summed E-state index contributed by atoms with van der Waals surface area (Å²) in [5.41, 5.74) is 0. The summed E-state index contributed by atoms with van der Waals surface area (Å²) in [4.78, 5) is 2.61. The summed E-state index contributed by atoms with van der Waals surface area (Å²) in [6.07, 6.45) is 4.24. The molecular weight excluding hydrogens is 196 g/mol. The van der Waals surface area contributed by atoms with Crippen LogP contribution in [0.15, 0.2) is 0 Å². The van der Waals surface area contributed by atoms with Crippen LogP contribution in [0.3, 0.4) is 0 Å². The van der Waals surface area contributed by atoms with Crippen LogP contribution in [0.2, 0.25) is 0 Å². The van der Waals surface area contributed by atoms with Gasteiger partial charge in [0, 0.05) is 18.6 Å². The lowest BCUT2D eigenvalue weighted by atomic mass is 9.89. The first-order valence-electron chi connectivity index (χ1n) is 6.95. The van der Waals surface area contributed by atoms with Gasteiger partial charge in [0.1, 0.15) is 0 Å². The number of hydrogen-bond acceptors (Lipinski definition) is 2. The van der Waals surface area contributed by atoms with E-state index in [1.54, 1.807) is 0 Å². The van der Waals surface area contributed by atoms with Crippen LogP contribution in [0.25, 0.3) is 0 Å². The molecule has 1 aliphatic carbocycles. The third-order valence-electron chi connectivity index (χ3n) is 3.85. The van der Waals surface area contributed by atoms with E-state index in [9.17, 15) is 0 Å². The van der Waals surface area contributed by atoms with Crippen molar-refractivity contribution in [3.8, 4) is 0 Å². The Bertz CT molecular complexity index is 185. The molecule has 0 radical (unpaired) electrons. The fourth-order valence-electron chi connectivity index (χ4n) is 2.43.